The predicted octanol–water partition coefficient (Wildman–Crippen LogP) is 4.04. The summed E-state index contributed by atoms with van der Waals surface area (Å²) in [7, 11) is 0. The molecular weight excluding hydrogens is 241 g/mol. The highest BCUT2D eigenvalue weighted by Gasteiger charge is 2.02. The molecule has 0 atom stereocenters. The van der Waals surface area contributed by atoms with Crippen LogP contribution in [0.5, 0.6) is 11.5 Å². The van der Waals surface area contributed by atoms with Gasteiger partial charge in [0.1, 0.15) is 17.3 Å². The van der Waals surface area contributed by atoms with Crippen molar-refractivity contribution in [3.05, 3.63) is 59.4 Å². The zero-order chi connectivity index (χ0) is 13.7. The Morgan fingerprint density at radius 3 is 2.37 bits per heavy atom. The molecule has 3 heteroatoms. The molecular formula is C16H18FNO. The average Bonchev–Trinajstić information content (AvgIpc) is 2.41. The second-order valence-corrected chi connectivity index (χ2v) is 4.42. The van der Waals surface area contributed by atoms with Gasteiger partial charge in [0, 0.05) is 6.54 Å². The van der Waals surface area contributed by atoms with Gasteiger partial charge in [0.15, 0.2) is 0 Å². The van der Waals surface area contributed by atoms with Gasteiger partial charge in [0.2, 0.25) is 0 Å². The Bertz CT molecular complexity index is 537. The Balaban J connectivity index is 2.09. The Morgan fingerprint density at radius 1 is 1.05 bits per heavy atom. The maximum Gasteiger partial charge on any atom is 0.127 e. The highest BCUT2D eigenvalue weighted by molar-refractivity contribution is 5.37. The van der Waals surface area contributed by atoms with Gasteiger partial charge in [-0.2, -0.15) is 0 Å². The lowest BCUT2D eigenvalue weighted by molar-refractivity contribution is 0.480. The summed E-state index contributed by atoms with van der Waals surface area (Å²) in [6.07, 6.45) is 0. The van der Waals surface area contributed by atoms with Crippen LogP contribution >= 0.6 is 0 Å². The maximum absolute atomic E-state index is 12.8. The molecule has 100 valence electrons. The van der Waals surface area contributed by atoms with Crippen molar-refractivity contribution in [1.29, 1.82) is 0 Å². The molecule has 0 aliphatic carbocycles. The van der Waals surface area contributed by atoms with Gasteiger partial charge < -0.3 is 10.1 Å². The molecule has 0 aromatic heterocycles. The Hall–Kier alpha value is -1.87. The zero-order valence-electron chi connectivity index (χ0n) is 11.2. The summed E-state index contributed by atoms with van der Waals surface area (Å²) >= 11 is 0. The van der Waals surface area contributed by atoms with Crippen LogP contribution in [-0.4, -0.2) is 6.54 Å². The van der Waals surface area contributed by atoms with Crippen LogP contribution in [0.2, 0.25) is 0 Å². The van der Waals surface area contributed by atoms with Crippen molar-refractivity contribution in [3.63, 3.8) is 0 Å². The van der Waals surface area contributed by atoms with Crippen molar-refractivity contribution in [3.8, 4) is 11.5 Å². The first-order valence-electron chi connectivity index (χ1n) is 6.42. The van der Waals surface area contributed by atoms with Crippen molar-refractivity contribution >= 4 is 0 Å². The van der Waals surface area contributed by atoms with E-state index in [0.717, 1.165) is 18.8 Å². The average molecular weight is 259 g/mol. The summed E-state index contributed by atoms with van der Waals surface area (Å²) in [6, 6.07) is 12.0. The summed E-state index contributed by atoms with van der Waals surface area (Å²) in [5.41, 5.74) is 2.44. The summed E-state index contributed by atoms with van der Waals surface area (Å²) < 4.78 is 18.5. The van der Waals surface area contributed by atoms with Crippen LogP contribution in [0, 0.1) is 12.7 Å². The monoisotopic (exact) mass is 259 g/mol. The Labute approximate surface area is 113 Å². The van der Waals surface area contributed by atoms with E-state index in [1.54, 1.807) is 12.1 Å². The van der Waals surface area contributed by atoms with Crippen molar-refractivity contribution < 1.29 is 9.13 Å². The first-order chi connectivity index (χ1) is 9.19. The minimum Gasteiger partial charge on any atom is -0.457 e. The van der Waals surface area contributed by atoms with E-state index in [9.17, 15) is 4.39 Å². The van der Waals surface area contributed by atoms with Gasteiger partial charge in [-0.05, 0) is 61.0 Å². The molecule has 2 aromatic rings. The van der Waals surface area contributed by atoms with Gasteiger partial charge in [-0.1, -0.05) is 13.0 Å². The van der Waals surface area contributed by atoms with E-state index in [2.05, 4.69) is 25.2 Å². The third-order valence-corrected chi connectivity index (χ3v) is 2.93. The van der Waals surface area contributed by atoms with Crippen molar-refractivity contribution in [2.75, 3.05) is 6.54 Å². The van der Waals surface area contributed by atoms with Crippen molar-refractivity contribution in [1.82, 2.24) is 5.32 Å². The molecule has 0 aliphatic heterocycles. The summed E-state index contributed by atoms with van der Waals surface area (Å²) in [5.74, 6) is 1.15. The number of rotatable bonds is 5. The standard InChI is InChI=1S/C16H18FNO/c1-3-18-11-13-4-7-16(10-12(13)2)19-15-8-5-14(17)6-9-15/h4-10,18H,3,11H2,1-2H3. The van der Waals surface area contributed by atoms with E-state index in [-0.39, 0.29) is 5.82 Å². The molecule has 2 aromatic carbocycles. The molecule has 0 heterocycles. The SMILES string of the molecule is CCNCc1ccc(Oc2ccc(F)cc2)cc1C. The zero-order valence-corrected chi connectivity index (χ0v) is 11.2. The molecule has 2 rings (SSSR count). The molecule has 0 aliphatic rings. The Morgan fingerprint density at radius 2 is 1.74 bits per heavy atom. The molecule has 0 radical (unpaired) electrons. The molecule has 0 unspecified atom stereocenters. The van der Waals surface area contributed by atoms with Gasteiger partial charge in [0.25, 0.3) is 0 Å². The van der Waals surface area contributed by atoms with E-state index < -0.39 is 0 Å². The van der Waals surface area contributed by atoms with E-state index in [4.69, 9.17) is 4.74 Å². The fourth-order valence-corrected chi connectivity index (χ4v) is 1.83. The number of ether oxygens (including phenoxy) is 1. The fraction of sp³-hybridized carbons (Fsp3) is 0.250. The molecule has 0 fully saturated rings. The van der Waals surface area contributed by atoms with Gasteiger partial charge in [-0.15, -0.1) is 0 Å². The first-order valence-corrected chi connectivity index (χ1v) is 6.42. The normalized spacial score (nSPS) is 10.5. The van der Waals surface area contributed by atoms with Crippen LogP contribution in [0.15, 0.2) is 42.5 Å². The van der Waals surface area contributed by atoms with E-state index in [0.29, 0.717) is 5.75 Å². The van der Waals surface area contributed by atoms with Crippen LogP contribution < -0.4 is 10.1 Å². The second kappa shape index (κ2) is 6.34. The van der Waals surface area contributed by atoms with Crippen molar-refractivity contribution in [2.45, 2.75) is 20.4 Å². The van der Waals surface area contributed by atoms with E-state index in [1.807, 2.05) is 12.1 Å². The summed E-state index contributed by atoms with van der Waals surface area (Å²) in [5, 5.41) is 3.30. The van der Waals surface area contributed by atoms with Gasteiger partial charge in [-0.3, -0.25) is 0 Å². The Kier molecular flexibility index (Phi) is 4.53. The molecule has 0 spiro atoms. The topological polar surface area (TPSA) is 21.3 Å². The van der Waals surface area contributed by atoms with Crippen LogP contribution in [0.4, 0.5) is 4.39 Å². The molecule has 0 saturated carbocycles. The summed E-state index contributed by atoms with van der Waals surface area (Å²) in [6.45, 7) is 5.96. The van der Waals surface area contributed by atoms with E-state index in [1.165, 1.54) is 23.3 Å². The van der Waals surface area contributed by atoms with Crippen LogP contribution in [-0.2, 0) is 6.54 Å². The predicted molar refractivity (Wildman–Crippen MR) is 75.0 cm³/mol. The van der Waals surface area contributed by atoms with Crippen LogP contribution in [0.25, 0.3) is 0 Å². The quantitative estimate of drug-likeness (QED) is 0.875. The number of aryl methyl sites for hydroxylation is 1. The number of benzene rings is 2. The molecule has 19 heavy (non-hydrogen) atoms. The van der Waals surface area contributed by atoms with Crippen LogP contribution in [0.3, 0.4) is 0 Å². The largest absolute Gasteiger partial charge is 0.457 e. The van der Waals surface area contributed by atoms with Gasteiger partial charge in [0.05, 0.1) is 0 Å². The highest BCUT2D eigenvalue weighted by Crippen LogP contribution is 2.24. The molecule has 2 nitrogen and oxygen atoms in total. The number of halogens is 1. The van der Waals surface area contributed by atoms with Crippen LogP contribution in [0.1, 0.15) is 18.1 Å². The number of hydrogen-bond donors (Lipinski definition) is 1. The van der Waals surface area contributed by atoms with Gasteiger partial charge in [-0.25, -0.2) is 4.39 Å². The molecule has 0 amide bonds. The third kappa shape index (κ3) is 3.80. The van der Waals surface area contributed by atoms with Gasteiger partial charge >= 0.3 is 0 Å². The van der Waals surface area contributed by atoms with Crippen molar-refractivity contribution in [2.24, 2.45) is 0 Å². The molecule has 1 N–H and O–H groups in total. The summed E-state index contributed by atoms with van der Waals surface area (Å²) in [4.78, 5) is 0. The third-order valence-electron chi connectivity index (χ3n) is 2.93. The number of hydrogen-bond acceptors (Lipinski definition) is 2. The fourth-order valence-electron chi connectivity index (χ4n) is 1.83. The highest BCUT2D eigenvalue weighted by atomic mass is 19.1. The lowest BCUT2D eigenvalue weighted by Gasteiger charge is -2.10. The minimum atomic E-state index is -0.260. The lowest BCUT2D eigenvalue weighted by Crippen LogP contribution is -2.12. The first kappa shape index (κ1) is 13.6. The smallest absolute Gasteiger partial charge is 0.127 e. The molecule has 0 bridgehead atoms. The minimum absolute atomic E-state index is 0.260. The number of nitrogens with one attached hydrogen (secondary N) is 1. The maximum atomic E-state index is 12.8. The second-order valence-electron chi connectivity index (χ2n) is 4.42. The molecule has 0 saturated heterocycles. The lowest BCUT2D eigenvalue weighted by atomic mass is 10.1. The van der Waals surface area contributed by atoms with E-state index >= 15 is 0 Å².